The number of nitrogens with one attached hydrogen (secondary N) is 2. The first-order valence-electron chi connectivity index (χ1n) is 6.34. The van der Waals surface area contributed by atoms with Gasteiger partial charge in [0.15, 0.2) is 0 Å². The average molecular weight is 294 g/mol. The van der Waals surface area contributed by atoms with Gasteiger partial charge in [0.05, 0.1) is 12.7 Å². The Kier molecular flexibility index (Phi) is 5.52. The van der Waals surface area contributed by atoms with Crippen molar-refractivity contribution in [2.45, 2.75) is 13.0 Å². The molecule has 2 rings (SSSR count). The van der Waals surface area contributed by atoms with Crippen LogP contribution in [0.3, 0.4) is 0 Å². The lowest BCUT2D eigenvalue weighted by Crippen LogP contribution is -2.29. The zero-order valence-corrected chi connectivity index (χ0v) is 11.7. The molecule has 0 fully saturated rings. The van der Waals surface area contributed by atoms with E-state index in [2.05, 4.69) is 20.9 Å². The van der Waals surface area contributed by atoms with Gasteiger partial charge < -0.3 is 10.6 Å². The number of carbonyl (C=O) groups is 1. The fourth-order valence-corrected chi connectivity index (χ4v) is 1.88. The van der Waals surface area contributed by atoms with E-state index in [0.717, 1.165) is 19.5 Å². The number of halogens is 1. The van der Waals surface area contributed by atoms with Gasteiger partial charge in [-0.25, -0.2) is 0 Å². The van der Waals surface area contributed by atoms with Gasteiger partial charge in [-0.1, -0.05) is 22.9 Å². The molecule has 20 heavy (non-hydrogen) atoms. The molecule has 7 heteroatoms. The number of amides is 1. The average Bonchev–Trinajstić information content (AvgIpc) is 2.91. The molecule has 0 aliphatic rings. The van der Waals surface area contributed by atoms with Gasteiger partial charge in [0.2, 0.25) is 5.91 Å². The highest BCUT2D eigenvalue weighted by atomic mass is 35.5. The van der Waals surface area contributed by atoms with Crippen LogP contribution in [0.25, 0.3) is 0 Å². The third-order valence-corrected chi connectivity index (χ3v) is 2.84. The number of carbonyl (C=O) groups excluding carboxylic acids is 1. The van der Waals surface area contributed by atoms with Crippen molar-refractivity contribution in [2.24, 2.45) is 0 Å². The SMILES string of the molecule is O=C(CNCCCn1ccnn1)Nc1cccc(Cl)c1. The summed E-state index contributed by atoms with van der Waals surface area (Å²) in [4.78, 5) is 11.7. The third-order valence-electron chi connectivity index (χ3n) is 2.61. The predicted octanol–water partition coefficient (Wildman–Crippen LogP) is 1.55. The van der Waals surface area contributed by atoms with Crippen LogP contribution in [0, 0.1) is 0 Å². The first kappa shape index (κ1) is 14.5. The highest BCUT2D eigenvalue weighted by molar-refractivity contribution is 6.30. The van der Waals surface area contributed by atoms with Crippen molar-refractivity contribution in [3.63, 3.8) is 0 Å². The van der Waals surface area contributed by atoms with Crippen molar-refractivity contribution >= 4 is 23.2 Å². The molecule has 0 atom stereocenters. The van der Waals surface area contributed by atoms with Crippen LogP contribution in [-0.2, 0) is 11.3 Å². The summed E-state index contributed by atoms with van der Waals surface area (Å²) in [6.07, 6.45) is 4.34. The van der Waals surface area contributed by atoms with Crippen molar-refractivity contribution in [1.29, 1.82) is 0 Å². The molecule has 1 aromatic carbocycles. The minimum absolute atomic E-state index is 0.0898. The second-order valence-electron chi connectivity index (χ2n) is 4.25. The molecular weight excluding hydrogens is 278 g/mol. The van der Waals surface area contributed by atoms with Gasteiger partial charge in [-0.2, -0.15) is 0 Å². The van der Waals surface area contributed by atoms with Crippen molar-refractivity contribution in [3.05, 3.63) is 41.7 Å². The zero-order chi connectivity index (χ0) is 14.2. The monoisotopic (exact) mass is 293 g/mol. The van der Waals surface area contributed by atoms with E-state index in [9.17, 15) is 4.79 Å². The predicted molar refractivity (Wildman–Crippen MR) is 77.6 cm³/mol. The van der Waals surface area contributed by atoms with Gasteiger partial charge in [-0.3, -0.25) is 9.48 Å². The fraction of sp³-hybridized carbons (Fsp3) is 0.308. The van der Waals surface area contributed by atoms with Crippen molar-refractivity contribution in [1.82, 2.24) is 20.3 Å². The maximum Gasteiger partial charge on any atom is 0.238 e. The standard InChI is InChI=1S/C13H16ClN5O/c14-11-3-1-4-12(9-11)17-13(20)10-15-5-2-7-19-8-6-16-18-19/h1,3-4,6,8-9,15H,2,5,7,10H2,(H,17,20). The van der Waals surface area contributed by atoms with Gasteiger partial charge in [0, 0.05) is 23.5 Å². The first-order chi connectivity index (χ1) is 9.74. The lowest BCUT2D eigenvalue weighted by Gasteiger charge is -2.07. The summed E-state index contributed by atoms with van der Waals surface area (Å²) in [6.45, 7) is 1.79. The molecule has 6 nitrogen and oxygen atoms in total. The van der Waals surface area contributed by atoms with Crippen LogP contribution in [0.5, 0.6) is 0 Å². The molecule has 2 N–H and O–H groups in total. The van der Waals surface area contributed by atoms with E-state index in [-0.39, 0.29) is 12.5 Å². The normalized spacial score (nSPS) is 10.4. The first-order valence-corrected chi connectivity index (χ1v) is 6.72. The van der Waals surface area contributed by atoms with E-state index in [1.807, 2.05) is 6.20 Å². The van der Waals surface area contributed by atoms with Crippen LogP contribution < -0.4 is 10.6 Å². The van der Waals surface area contributed by atoms with Crippen molar-refractivity contribution in [2.75, 3.05) is 18.4 Å². The van der Waals surface area contributed by atoms with Crippen molar-refractivity contribution < 1.29 is 4.79 Å². The van der Waals surface area contributed by atoms with Crippen LogP contribution in [0.1, 0.15) is 6.42 Å². The summed E-state index contributed by atoms with van der Waals surface area (Å²) in [5, 5.41) is 14.0. The number of aryl methyl sites for hydroxylation is 1. The molecule has 0 bridgehead atoms. The number of hydrogen-bond donors (Lipinski definition) is 2. The Morgan fingerprint density at radius 3 is 3.05 bits per heavy atom. The summed E-state index contributed by atoms with van der Waals surface area (Å²) < 4.78 is 1.76. The molecule has 106 valence electrons. The van der Waals surface area contributed by atoms with E-state index in [4.69, 9.17) is 11.6 Å². The summed E-state index contributed by atoms with van der Waals surface area (Å²) in [5.41, 5.74) is 0.701. The van der Waals surface area contributed by atoms with E-state index < -0.39 is 0 Å². The Hall–Kier alpha value is -1.92. The Bertz CT molecular complexity index is 543. The summed E-state index contributed by atoms with van der Waals surface area (Å²) in [6, 6.07) is 7.07. The summed E-state index contributed by atoms with van der Waals surface area (Å²) in [5.74, 6) is -0.0898. The number of rotatable bonds is 7. The molecule has 0 unspecified atom stereocenters. The molecule has 2 aromatic rings. The van der Waals surface area contributed by atoms with Crippen LogP contribution >= 0.6 is 11.6 Å². The maximum atomic E-state index is 11.7. The van der Waals surface area contributed by atoms with Gasteiger partial charge in [0.1, 0.15) is 0 Å². The van der Waals surface area contributed by atoms with E-state index in [1.165, 1.54) is 0 Å². The second-order valence-corrected chi connectivity index (χ2v) is 4.69. The number of aromatic nitrogens is 3. The highest BCUT2D eigenvalue weighted by Crippen LogP contribution is 2.14. The number of anilines is 1. The molecule has 0 saturated carbocycles. The van der Waals surface area contributed by atoms with Crippen LogP contribution in [0.4, 0.5) is 5.69 Å². The highest BCUT2D eigenvalue weighted by Gasteiger charge is 2.02. The fourth-order valence-electron chi connectivity index (χ4n) is 1.69. The lowest BCUT2D eigenvalue weighted by atomic mass is 10.3. The minimum Gasteiger partial charge on any atom is -0.325 e. The maximum absolute atomic E-state index is 11.7. The topological polar surface area (TPSA) is 71.8 Å². The quantitative estimate of drug-likeness (QED) is 0.760. The van der Waals surface area contributed by atoms with E-state index in [1.54, 1.807) is 35.1 Å². The van der Waals surface area contributed by atoms with Crippen molar-refractivity contribution in [3.8, 4) is 0 Å². The number of hydrogen-bond acceptors (Lipinski definition) is 4. The van der Waals surface area contributed by atoms with Gasteiger partial charge >= 0.3 is 0 Å². The number of benzene rings is 1. The Morgan fingerprint density at radius 2 is 2.30 bits per heavy atom. The molecular formula is C13H16ClN5O. The molecule has 1 heterocycles. The lowest BCUT2D eigenvalue weighted by molar-refractivity contribution is -0.115. The van der Waals surface area contributed by atoms with Gasteiger partial charge in [-0.15, -0.1) is 5.10 Å². The minimum atomic E-state index is -0.0898. The van der Waals surface area contributed by atoms with Gasteiger partial charge in [-0.05, 0) is 31.2 Å². The molecule has 0 aliphatic carbocycles. The molecule has 0 aliphatic heterocycles. The zero-order valence-electron chi connectivity index (χ0n) is 10.9. The summed E-state index contributed by atoms with van der Waals surface area (Å²) >= 11 is 5.84. The molecule has 0 radical (unpaired) electrons. The summed E-state index contributed by atoms with van der Waals surface area (Å²) in [7, 11) is 0. The largest absolute Gasteiger partial charge is 0.325 e. The second kappa shape index (κ2) is 7.62. The smallest absolute Gasteiger partial charge is 0.238 e. The van der Waals surface area contributed by atoms with Crippen LogP contribution in [-0.4, -0.2) is 34.0 Å². The van der Waals surface area contributed by atoms with Crippen LogP contribution in [0.15, 0.2) is 36.7 Å². The molecule has 0 saturated heterocycles. The molecule has 0 spiro atoms. The number of nitrogens with zero attached hydrogens (tertiary/aromatic N) is 3. The Balaban J connectivity index is 1.60. The van der Waals surface area contributed by atoms with E-state index >= 15 is 0 Å². The Morgan fingerprint density at radius 1 is 1.40 bits per heavy atom. The molecule has 1 amide bonds. The molecule has 1 aromatic heterocycles. The van der Waals surface area contributed by atoms with E-state index in [0.29, 0.717) is 10.7 Å². The van der Waals surface area contributed by atoms with Crippen LogP contribution in [0.2, 0.25) is 5.02 Å². The third kappa shape index (κ3) is 4.99. The van der Waals surface area contributed by atoms with Gasteiger partial charge in [0.25, 0.3) is 0 Å². The Labute approximate surface area is 122 Å².